The summed E-state index contributed by atoms with van der Waals surface area (Å²) in [5.74, 6) is 0.934. The number of aliphatic imine (C=N–C) groups is 1. The maximum absolute atomic E-state index is 12.5. The zero-order chi connectivity index (χ0) is 18.2. The van der Waals surface area contributed by atoms with Gasteiger partial charge in [0, 0.05) is 18.0 Å². The summed E-state index contributed by atoms with van der Waals surface area (Å²) in [6.45, 7) is 6.84. The zero-order valence-electron chi connectivity index (χ0n) is 14.5. The number of anilines is 2. The van der Waals surface area contributed by atoms with Crippen LogP contribution >= 0.6 is 0 Å². The van der Waals surface area contributed by atoms with Crippen LogP contribution in [0.1, 0.15) is 33.6 Å². The Morgan fingerprint density at radius 2 is 2.08 bits per heavy atom. The van der Waals surface area contributed by atoms with Gasteiger partial charge >= 0.3 is 0 Å². The van der Waals surface area contributed by atoms with Crippen molar-refractivity contribution in [1.29, 1.82) is 0 Å². The van der Waals surface area contributed by atoms with Crippen molar-refractivity contribution < 1.29 is 13.8 Å². The first-order chi connectivity index (χ1) is 11.8. The molecule has 0 aliphatic carbocycles. The summed E-state index contributed by atoms with van der Waals surface area (Å²) in [6, 6.07) is 2.41. The second-order valence-electron chi connectivity index (χ2n) is 7.22. The first-order valence-corrected chi connectivity index (χ1v) is 8.22. The number of nitrogens with zero attached hydrogens (tertiary/aromatic N) is 4. The third-order valence-corrected chi connectivity index (χ3v) is 4.31. The largest absolute Gasteiger partial charge is 0.345 e. The van der Waals surface area contributed by atoms with Crippen molar-refractivity contribution in [2.75, 3.05) is 16.8 Å². The van der Waals surface area contributed by atoms with E-state index >= 15 is 0 Å². The molecular weight excluding hydrogens is 328 g/mol. The molecule has 0 aromatic carbocycles. The maximum Gasteiger partial charge on any atom is 0.248 e. The third-order valence-electron chi connectivity index (χ3n) is 4.31. The van der Waals surface area contributed by atoms with E-state index in [-0.39, 0.29) is 23.1 Å². The van der Waals surface area contributed by atoms with Crippen molar-refractivity contribution in [2.45, 2.75) is 39.7 Å². The quantitative estimate of drug-likeness (QED) is 0.852. The Morgan fingerprint density at radius 3 is 2.64 bits per heavy atom. The number of carbonyl (C=O) groups excluding carboxylic acids is 1. The van der Waals surface area contributed by atoms with E-state index in [1.165, 1.54) is 12.1 Å². The van der Waals surface area contributed by atoms with Gasteiger partial charge in [0.05, 0.1) is 11.9 Å². The number of hydrogen-bond acceptors (Lipinski definition) is 5. The van der Waals surface area contributed by atoms with Crippen LogP contribution in [0, 0.1) is 5.41 Å². The average Bonchev–Trinajstić information content (AvgIpc) is 2.98. The van der Waals surface area contributed by atoms with Gasteiger partial charge in [0.2, 0.25) is 5.91 Å². The van der Waals surface area contributed by atoms with Gasteiger partial charge in [-0.2, -0.15) is 0 Å². The van der Waals surface area contributed by atoms with Crippen molar-refractivity contribution >= 4 is 23.2 Å². The van der Waals surface area contributed by atoms with Crippen LogP contribution in [0.25, 0.3) is 0 Å². The van der Waals surface area contributed by atoms with E-state index in [9.17, 15) is 13.8 Å². The second-order valence-corrected chi connectivity index (χ2v) is 7.22. The SMILES string of the molecule is CC(C)(C)C1=CC(NC(=O)C2CCCN2c2ccc(N(F)F)cn2)=N1. The number of amidine groups is 1. The predicted molar refractivity (Wildman–Crippen MR) is 92.4 cm³/mol. The smallest absolute Gasteiger partial charge is 0.248 e. The fourth-order valence-corrected chi connectivity index (χ4v) is 2.88. The number of pyridine rings is 1. The van der Waals surface area contributed by atoms with E-state index in [0.29, 0.717) is 24.6 Å². The lowest BCUT2D eigenvalue weighted by molar-refractivity contribution is -0.120. The number of rotatable bonds is 3. The summed E-state index contributed by atoms with van der Waals surface area (Å²) < 4.78 is 25.0. The summed E-state index contributed by atoms with van der Waals surface area (Å²) >= 11 is 0. The Kier molecular flexibility index (Phi) is 4.45. The molecule has 1 fully saturated rings. The van der Waals surface area contributed by atoms with Gasteiger partial charge < -0.3 is 10.2 Å². The molecule has 0 saturated carbocycles. The molecule has 3 rings (SSSR count). The van der Waals surface area contributed by atoms with Crippen LogP contribution in [0.2, 0.25) is 0 Å². The highest BCUT2D eigenvalue weighted by Gasteiger charge is 2.33. The minimum absolute atomic E-state index is 0.0417. The monoisotopic (exact) mass is 349 g/mol. The average molecular weight is 349 g/mol. The zero-order valence-corrected chi connectivity index (χ0v) is 14.5. The predicted octanol–water partition coefficient (Wildman–Crippen LogP) is 3.08. The molecule has 1 unspecified atom stereocenters. The molecule has 8 heteroatoms. The van der Waals surface area contributed by atoms with Crippen LogP contribution in [0.15, 0.2) is 35.1 Å². The Labute approximate surface area is 145 Å². The number of amides is 1. The molecule has 0 bridgehead atoms. The number of aromatic nitrogens is 1. The summed E-state index contributed by atoms with van der Waals surface area (Å²) in [5.41, 5.74) is 0.623. The Hall–Kier alpha value is -2.51. The van der Waals surface area contributed by atoms with Crippen LogP contribution in [-0.4, -0.2) is 29.3 Å². The molecule has 2 aliphatic heterocycles. The second kappa shape index (κ2) is 6.42. The fourth-order valence-electron chi connectivity index (χ4n) is 2.88. The van der Waals surface area contributed by atoms with Crippen LogP contribution in [0.5, 0.6) is 0 Å². The van der Waals surface area contributed by atoms with E-state index in [2.05, 4.69) is 36.1 Å². The summed E-state index contributed by atoms with van der Waals surface area (Å²) in [6.07, 6.45) is 4.50. The Morgan fingerprint density at radius 1 is 1.36 bits per heavy atom. The van der Waals surface area contributed by atoms with E-state index in [0.717, 1.165) is 18.3 Å². The van der Waals surface area contributed by atoms with Gasteiger partial charge in [0.15, 0.2) is 0 Å². The molecule has 1 saturated heterocycles. The summed E-state index contributed by atoms with van der Waals surface area (Å²) in [4.78, 5) is 22.8. The molecule has 1 atom stereocenters. The molecule has 0 radical (unpaired) electrons. The molecule has 25 heavy (non-hydrogen) atoms. The molecular formula is C17H21F2N5O. The van der Waals surface area contributed by atoms with Gasteiger partial charge in [-0.25, -0.2) is 9.98 Å². The molecule has 0 spiro atoms. The lowest BCUT2D eigenvalue weighted by Crippen LogP contribution is -2.46. The molecule has 2 aliphatic rings. The summed E-state index contributed by atoms with van der Waals surface area (Å²) in [7, 11) is 0. The minimum atomic E-state index is -0.987. The van der Waals surface area contributed by atoms with Crippen molar-refractivity contribution in [1.82, 2.24) is 10.3 Å². The molecule has 6 nitrogen and oxygen atoms in total. The molecule has 1 amide bonds. The number of hydrogen-bond donors (Lipinski definition) is 1. The van der Waals surface area contributed by atoms with Crippen LogP contribution < -0.4 is 15.6 Å². The van der Waals surface area contributed by atoms with Gasteiger partial charge in [-0.05, 0) is 30.3 Å². The standard InChI is InChI=1S/C17H21F2N5O/c1-17(2,3)13-9-14(21-13)22-16(25)12-5-4-8-23(12)15-7-6-11(10-20-15)24(18)19/h6-7,9-10,12H,4-5,8H2,1-3H3,(H,21,22,25). The van der Waals surface area contributed by atoms with Crippen LogP contribution in [0.4, 0.5) is 20.5 Å². The van der Waals surface area contributed by atoms with Crippen molar-refractivity contribution in [3.63, 3.8) is 0 Å². The first kappa shape index (κ1) is 17.3. The highest BCUT2D eigenvalue weighted by atomic mass is 19.4. The number of carbonyl (C=O) groups is 1. The van der Waals surface area contributed by atoms with E-state index < -0.39 is 5.34 Å². The molecule has 3 heterocycles. The van der Waals surface area contributed by atoms with Gasteiger partial charge in [-0.3, -0.25) is 4.79 Å². The van der Waals surface area contributed by atoms with Gasteiger partial charge in [-0.1, -0.05) is 29.7 Å². The van der Waals surface area contributed by atoms with Crippen LogP contribution in [0.3, 0.4) is 0 Å². The molecule has 1 aromatic heterocycles. The summed E-state index contributed by atoms with van der Waals surface area (Å²) in [5, 5.41) is 1.84. The number of allylic oxidation sites excluding steroid dienone is 1. The van der Waals surface area contributed by atoms with E-state index in [1.807, 2.05) is 11.0 Å². The molecule has 1 aromatic rings. The normalized spacial score (nSPS) is 19.9. The molecule has 134 valence electrons. The topological polar surface area (TPSA) is 60.8 Å². The van der Waals surface area contributed by atoms with Crippen molar-refractivity contribution in [2.24, 2.45) is 10.4 Å². The number of halogens is 2. The van der Waals surface area contributed by atoms with Gasteiger partial charge in [0.25, 0.3) is 0 Å². The first-order valence-electron chi connectivity index (χ1n) is 8.22. The number of nitrogens with one attached hydrogen (secondary N) is 1. The lowest BCUT2D eigenvalue weighted by Gasteiger charge is -2.28. The highest BCUT2D eigenvalue weighted by Crippen LogP contribution is 2.30. The van der Waals surface area contributed by atoms with E-state index in [1.54, 1.807) is 0 Å². The van der Waals surface area contributed by atoms with Crippen molar-refractivity contribution in [3.8, 4) is 0 Å². The Bertz CT molecular complexity index is 722. The Balaban J connectivity index is 1.65. The lowest BCUT2D eigenvalue weighted by atomic mass is 9.90. The highest BCUT2D eigenvalue weighted by molar-refractivity contribution is 6.10. The van der Waals surface area contributed by atoms with E-state index in [4.69, 9.17) is 0 Å². The van der Waals surface area contributed by atoms with Crippen LogP contribution in [-0.2, 0) is 4.79 Å². The van der Waals surface area contributed by atoms with Crippen molar-refractivity contribution in [3.05, 3.63) is 30.1 Å². The fraction of sp³-hybridized carbons (Fsp3) is 0.471. The molecule has 1 N–H and O–H groups in total. The van der Waals surface area contributed by atoms with Gasteiger partial charge in [-0.15, -0.1) is 0 Å². The maximum atomic E-state index is 12.5. The van der Waals surface area contributed by atoms with Gasteiger partial charge in [0.1, 0.15) is 23.4 Å². The third kappa shape index (κ3) is 3.62. The minimum Gasteiger partial charge on any atom is -0.345 e.